The summed E-state index contributed by atoms with van der Waals surface area (Å²) in [6, 6.07) is 3.70. The van der Waals surface area contributed by atoms with Gasteiger partial charge in [0.1, 0.15) is 5.82 Å². The van der Waals surface area contributed by atoms with Gasteiger partial charge < -0.3 is 0 Å². The summed E-state index contributed by atoms with van der Waals surface area (Å²) in [5, 5.41) is 0.627. The first-order valence-electron chi connectivity index (χ1n) is 6.33. The monoisotopic (exact) mass is 243 g/mol. The molecule has 0 spiro atoms. The van der Waals surface area contributed by atoms with E-state index in [0.717, 1.165) is 30.9 Å². The number of rotatable bonds is 0. The summed E-state index contributed by atoms with van der Waals surface area (Å²) in [5.41, 5.74) is 1.71. The molecule has 2 aromatic rings. The molecule has 0 bridgehead atoms. The van der Waals surface area contributed by atoms with Gasteiger partial charge in [-0.15, -0.1) is 0 Å². The summed E-state index contributed by atoms with van der Waals surface area (Å²) in [6.45, 7) is 7.05. The van der Waals surface area contributed by atoms with Crippen LogP contribution in [0.1, 0.15) is 31.8 Å². The summed E-state index contributed by atoms with van der Waals surface area (Å²) in [6.07, 6.45) is 1.92. The number of aromatic nitrogens is 3. The van der Waals surface area contributed by atoms with Gasteiger partial charge in [-0.3, -0.25) is 9.36 Å². The van der Waals surface area contributed by atoms with Crippen molar-refractivity contribution in [3.63, 3.8) is 0 Å². The van der Waals surface area contributed by atoms with E-state index in [0.29, 0.717) is 11.0 Å². The normalized spacial score (nSPS) is 17.7. The summed E-state index contributed by atoms with van der Waals surface area (Å²) in [7, 11) is 0. The molecule has 0 N–H and O–H groups in total. The molecule has 4 heteroatoms. The van der Waals surface area contributed by atoms with E-state index in [1.807, 2.05) is 23.6 Å². The minimum atomic E-state index is 0.0512. The molecule has 2 aromatic heterocycles. The molecule has 94 valence electrons. The molecule has 3 rings (SSSR count). The van der Waals surface area contributed by atoms with E-state index < -0.39 is 0 Å². The van der Waals surface area contributed by atoms with E-state index in [9.17, 15) is 4.79 Å². The fraction of sp³-hybridized carbons (Fsp3) is 0.500. The Hall–Kier alpha value is -1.71. The van der Waals surface area contributed by atoms with Gasteiger partial charge in [-0.05, 0) is 30.9 Å². The fourth-order valence-corrected chi connectivity index (χ4v) is 2.55. The molecule has 0 saturated heterocycles. The van der Waals surface area contributed by atoms with Crippen molar-refractivity contribution >= 4 is 11.0 Å². The number of aryl methyl sites for hydroxylation is 2. The first-order valence-corrected chi connectivity index (χ1v) is 6.33. The molecule has 18 heavy (non-hydrogen) atoms. The van der Waals surface area contributed by atoms with E-state index in [1.165, 1.54) is 0 Å². The van der Waals surface area contributed by atoms with Crippen LogP contribution >= 0.6 is 0 Å². The van der Waals surface area contributed by atoms with Crippen LogP contribution in [0.15, 0.2) is 16.9 Å². The van der Waals surface area contributed by atoms with Gasteiger partial charge >= 0.3 is 0 Å². The lowest BCUT2D eigenvalue weighted by Gasteiger charge is -2.31. The van der Waals surface area contributed by atoms with Crippen molar-refractivity contribution in [2.45, 2.75) is 40.2 Å². The molecule has 0 aliphatic carbocycles. The first kappa shape index (κ1) is 11.4. The Kier molecular flexibility index (Phi) is 2.30. The fourth-order valence-electron chi connectivity index (χ4n) is 2.55. The second-order valence-corrected chi connectivity index (χ2v) is 5.91. The number of nitrogens with zero attached hydrogens (tertiary/aromatic N) is 3. The molecule has 0 aromatic carbocycles. The van der Waals surface area contributed by atoms with E-state index >= 15 is 0 Å². The number of hydrogen-bond donors (Lipinski definition) is 0. The highest BCUT2D eigenvalue weighted by Crippen LogP contribution is 2.29. The zero-order valence-corrected chi connectivity index (χ0v) is 11.0. The van der Waals surface area contributed by atoms with E-state index in [1.54, 1.807) is 0 Å². The average molecular weight is 243 g/mol. The predicted molar refractivity (Wildman–Crippen MR) is 70.6 cm³/mol. The Morgan fingerprint density at radius 3 is 2.83 bits per heavy atom. The van der Waals surface area contributed by atoms with Crippen LogP contribution in [0.3, 0.4) is 0 Å². The number of hydrogen-bond acceptors (Lipinski definition) is 3. The van der Waals surface area contributed by atoms with Crippen LogP contribution in [0.4, 0.5) is 0 Å². The van der Waals surface area contributed by atoms with E-state index in [4.69, 9.17) is 0 Å². The zero-order valence-electron chi connectivity index (χ0n) is 11.0. The Bertz CT molecular complexity index is 685. The van der Waals surface area contributed by atoms with Gasteiger partial charge in [-0.1, -0.05) is 13.8 Å². The molecule has 0 unspecified atom stereocenters. The van der Waals surface area contributed by atoms with Gasteiger partial charge in [0.15, 0.2) is 5.65 Å². The Morgan fingerprint density at radius 2 is 2.06 bits per heavy atom. The summed E-state index contributed by atoms with van der Waals surface area (Å²) >= 11 is 0. The predicted octanol–water partition coefficient (Wildman–Crippen LogP) is 2.07. The van der Waals surface area contributed by atoms with Crippen LogP contribution in [-0.4, -0.2) is 14.5 Å². The van der Waals surface area contributed by atoms with Crippen molar-refractivity contribution in [2.75, 3.05) is 0 Å². The van der Waals surface area contributed by atoms with Crippen molar-refractivity contribution in [3.05, 3.63) is 34.0 Å². The lowest BCUT2D eigenvalue weighted by atomic mass is 9.85. The highest BCUT2D eigenvalue weighted by atomic mass is 16.1. The van der Waals surface area contributed by atoms with Gasteiger partial charge in [0.2, 0.25) is 0 Å². The van der Waals surface area contributed by atoms with Crippen molar-refractivity contribution in [1.82, 2.24) is 14.5 Å². The molecule has 0 atom stereocenters. The lowest BCUT2D eigenvalue weighted by molar-refractivity contribution is 0.240. The van der Waals surface area contributed by atoms with Gasteiger partial charge in [0, 0.05) is 18.7 Å². The topological polar surface area (TPSA) is 47.8 Å². The smallest absolute Gasteiger partial charge is 0.263 e. The van der Waals surface area contributed by atoms with Crippen molar-refractivity contribution in [3.8, 4) is 0 Å². The molecule has 0 radical (unpaired) electrons. The third kappa shape index (κ3) is 1.72. The average Bonchev–Trinajstić information content (AvgIpc) is 2.30. The molecule has 0 fully saturated rings. The van der Waals surface area contributed by atoms with Gasteiger partial charge in [0.05, 0.1) is 5.39 Å². The third-order valence-corrected chi connectivity index (χ3v) is 3.65. The zero-order chi connectivity index (χ0) is 12.9. The quantitative estimate of drug-likeness (QED) is 0.711. The van der Waals surface area contributed by atoms with Gasteiger partial charge in [-0.25, -0.2) is 9.97 Å². The Balaban J connectivity index is 2.30. The molecule has 0 saturated carbocycles. The molecule has 0 amide bonds. The Labute approximate surface area is 106 Å². The standard InChI is InChI=1S/C14H17N3O/c1-9-4-5-10-12(15-9)16-11-6-7-14(2,3)8-17(11)13(10)18/h4-5H,6-8H2,1-3H3. The summed E-state index contributed by atoms with van der Waals surface area (Å²) in [4.78, 5) is 21.4. The first-order chi connectivity index (χ1) is 8.46. The van der Waals surface area contributed by atoms with Crippen molar-refractivity contribution in [2.24, 2.45) is 5.41 Å². The molecular weight excluding hydrogens is 226 g/mol. The molecule has 1 aliphatic rings. The van der Waals surface area contributed by atoms with E-state index in [2.05, 4.69) is 23.8 Å². The largest absolute Gasteiger partial charge is 0.295 e. The number of pyridine rings is 1. The molecule has 1 aliphatic heterocycles. The SMILES string of the molecule is Cc1ccc2c(=O)n3c(nc2n1)CCC(C)(C)C3. The van der Waals surface area contributed by atoms with E-state index in [-0.39, 0.29) is 11.0 Å². The summed E-state index contributed by atoms with van der Waals surface area (Å²) in [5.74, 6) is 0.880. The minimum absolute atomic E-state index is 0.0512. The summed E-state index contributed by atoms with van der Waals surface area (Å²) < 4.78 is 1.82. The maximum absolute atomic E-state index is 12.5. The third-order valence-electron chi connectivity index (χ3n) is 3.65. The van der Waals surface area contributed by atoms with Crippen LogP contribution in [-0.2, 0) is 13.0 Å². The van der Waals surface area contributed by atoms with Gasteiger partial charge in [0.25, 0.3) is 5.56 Å². The minimum Gasteiger partial charge on any atom is -0.295 e. The lowest BCUT2D eigenvalue weighted by Crippen LogP contribution is -2.36. The van der Waals surface area contributed by atoms with Crippen molar-refractivity contribution in [1.29, 1.82) is 0 Å². The molecular formula is C14H17N3O. The highest BCUT2D eigenvalue weighted by Gasteiger charge is 2.27. The highest BCUT2D eigenvalue weighted by molar-refractivity contribution is 5.73. The maximum atomic E-state index is 12.5. The van der Waals surface area contributed by atoms with Crippen LogP contribution in [0.25, 0.3) is 11.0 Å². The van der Waals surface area contributed by atoms with Crippen LogP contribution in [0, 0.1) is 12.3 Å². The van der Waals surface area contributed by atoms with Crippen LogP contribution < -0.4 is 5.56 Å². The Morgan fingerprint density at radius 1 is 1.28 bits per heavy atom. The molecule has 3 heterocycles. The van der Waals surface area contributed by atoms with Gasteiger partial charge in [-0.2, -0.15) is 0 Å². The van der Waals surface area contributed by atoms with Crippen LogP contribution in [0.2, 0.25) is 0 Å². The van der Waals surface area contributed by atoms with Crippen LogP contribution in [0.5, 0.6) is 0 Å². The number of fused-ring (bicyclic) bond motifs is 2. The maximum Gasteiger partial charge on any atom is 0.263 e. The van der Waals surface area contributed by atoms with Crippen molar-refractivity contribution < 1.29 is 0 Å². The second-order valence-electron chi connectivity index (χ2n) is 5.91. The second kappa shape index (κ2) is 3.64. The molecule has 4 nitrogen and oxygen atoms in total.